The molecular formula is C23H32O3. The Morgan fingerprint density at radius 3 is 2.08 bits per heavy atom. The number of carboxylic acid groups (broad SMARTS) is 1. The molecule has 142 valence electrons. The molecule has 0 bridgehead atoms. The maximum Gasteiger partial charge on any atom is 0.335 e. The number of hydrogen-bond donors (Lipinski definition) is 2. The van der Waals surface area contributed by atoms with Crippen molar-refractivity contribution in [2.75, 3.05) is 0 Å². The molecule has 26 heavy (non-hydrogen) atoms. The molecule has 0 radical (unpaired) electrons. The van der Waals surface area contributed by atoms with Crippen LogP contribution >= 0.6 is 0 Å². The van der Waals surface area contributed by atoms with Crippen LogP contribution in [0.1, 0.15) is 87.1 Å². The van der Waals surface area contributed by atoms with Gasteiger partial charge in [-0.05, 0) is 47.4 Å². The summed E-state index contributed by atoms with van der Waals surface area (Å²) < 4.78 is 0. The van der Waals surface area contributed by atoms with Gasteiger partial charge in [-0.3, -0.25) is 0 Å². The average molecular weight is 357 g/mol. The molecule has 0 amide bonds. The first kappa shape index (κ1) is 20.3. The molecule has 2 aromatic rings. The molecule has 2 aromatic carbocycles. The number of hydrogen-bond acceptors (Lipinski definition) is 2. The number of unbranched alkanes of at least 4 members (excludes halogenated alkanes) is 9. The number of benzene rings is 2. The van der Waals surface area contributed by atoms with Crippen molar-refractivity contribution in [3.05, 3.63) is 41.5 Å². The molecule has 0 spiro atoms. The van der Waals surface area contributed by atoms with E-state index in [0.717, 1.165) is 35.6 Å². The van der Waals surface area contributed by atoms with E-state index in [0.29, 0.717) is 5.56 Å². The molecule has 3 nitrogen and oxygen atoms in total. The standard InChI is InChI=1S/C23H32O3/c1-2-3-4-5-6-7-8-9-10-11-12-21-20-16-14-19(24)17-18(20)13-15-22(21)23(25)26/h13-17,24H,2-12H2,1H3,(H,25,26). The second-order valence-electron chi connectivity index (χ2n) is 7.23. The summed E-state index contributed by atoms with van der Waals surface area (Å²) >= 11 is 0. The van der Waals surface area contributed by atoms with Gasteiger partial charge in [-0.2, -0.15) is 0 Å². The van der Waals surface area contributed by atoms with Gasteiger partial charge >= 0.3 is 5.97 Å². The molecule has 0 aromatic heterocycles. The van der Waals surface area contributed by atoms with E-state index >= 15 is 0 Å². The number of rotatable bonds is 12. The van der Waals surface area contributed by atoms with Gasteiger partial charge in [-0.25, -0.2) is 4.79 Å². The Hall–Kier alpha value is -2.03. The molecular weight excluding hydrogens is 324 g/mol. The van der Waals surface area contributed by atoms with Crippen molar-refractivity contribution in [1.82, 2.24) is 0 Å². The van der Waals surface area contributed by atoms with Crippen molar-refractivity contribution < 1.29 is 15.0 Å². The Bertz CT molecular complexity index is 706. The van der Waals surface area contributed by atoms with E-state index in [9.17, 15) is 15.0 Å². The molecule has 3 heteroatoms. The number of carboxylic acids is 1. The molecule has 0 saturated carbocycles. The molecule has 0 atom stereocenters. The van der Waals surface area contributed by atoms with Crippen molar-refractivity contribution in [2.24, 2.45) is 0 Å². The van der Waals surface area contributed by atoms with Gasteiger partial charge in [0, 0.05) is 0 Å². The zero-order valence-corrected chi connectivity index (χ0v) is 16.0. The second kappa shape index (κ2) is 10.8. The third kappa shape index (κ3) is 6.05. The van der Waals surface area contributed by atoms with Gasteiger partial charge in [-0.15, -0.1) is 0 Å². The van der Waals surface area contributed by atoms with Crippen molar-refractivity contribution >= 4 is 16.7 Å². The van der Waals surface area contributed by atoms with E-state index in [1.165, 1.54) is 51.4 Å². The summed E-state index contributed by atoms with van der Waals surface area (Å²) in [4.78, 5) is 11.6. The number of aromatic hydroxyl groups is 1. The largest absolute Gasteiger partial charge is 0.508 e. The molecule has 0 fully saturated rings. The van der Waals surface area contributed by atoms with Gasteiger partial charge in [0.2, 0.25) is 0 Å². The zero-order valence-electron chi connectivity index (χ0n) is 16.0. The van der Waals surface area contributed by atoms with Crippen molar-refractivity contribution in [2.45, 2.75) is 77.6 Å². The molecule has 0 heterocycles. The Morgan fingerprint density at radius 1 is 0.846 bits per heavy atom. The van der Waals surface area contributed by atoms with Crippen LogP contribution in [-0.2, 0) is 6.42 Å². The zero-order chi connectivity index (χ0) is 18.8. The first-order chi connectivity index (χ1) is 12.6. The Morgan fingerprint density at radius 2 is 1.46 bits per heavy atom. The topological polar surface area (TPSA) is 57.5 Å². The monoisotopic (exact) mass is 356 g/mol. The van der Waals surface area contributed by atoms with Crippen LogP contribution in [0.2, 0.25) is 0 Å². The number of carbonyl (C=O) groups is 1. The van der Waals surface area contributed by atoms with Crippen molar-refractivity contribution in [3.8, 4) is 5.75 Å². The van der Waals surface area contributed by atoms with Crippen LogP contribution in [0.5, 0.6) is 5.75 Å². The van der Waals surface area contributed by atoms with Crippen LogP contribution in [0.3, 0.4) is 0 Å². The summed E-state index contributed by atoms with van der Waals surface area (Å²) in [6, 6.07) is 8.61. The van der Waals surface area contributed by atoms with E-state index in [2.05, 4.69) is 6.92 Å². The average Bonchev–Trinajstić information content (AvgIpc) is 2.62. The lowest BCUT2D eigenvalue weighted by molar-refractivity contribution is 0.0696. The van der Waals surface area contributed by atoms with Crippen LogP contribution < -0.4 is 0 Å². The van der Waals surface area contributed by atoms with E-state index in [1.807, 2.05) is 6.07 Å². The molecule has 0 saturated heterocycles. The second-order valence-corrected chi connectivity index (χ2v) is 7.23. The summed E-state index contributed by atoms with van der Waals surface area (Å²) in [7, 11) is 0. The van der Waals surface area contributed by atoms with Crippen LogP contribution in [0.15, 0.2) is 30.3 Å². The highest BCUT2D eigenvalue weighted by atomic mass is 16.4. The lowest BCUT2D eigenvalue weighted by atomic mass is 9.94. The fourth-order valence-corrected chi connectivity index (χ4v) is 3.64. The lowest BCUT2D eigenvalue weighted by Gasteiger charge is -2.11. The summed E-state index contributed by atoms with van der Waals surface area (Å²) in [5.41, 5.74) is 1.29. The minimum absolute atomic E-state index is 0.213. The van der Waals surface area contributed by atoms with Crippen molar-refractivity contribution in [1.29, 1.82) is 0 Å². The summed E-state index contributed by atoms with van der Waals surface area (Å²) in [6.07, 6.45) is 13.5. The highest BCUT2D eigenvalue weighted by molar-refractivity contribution is 5.98. The highest BCUT2D eigenvalue weighted by Gasteiger charge is 2.13. The number of phenolic OH excluding ortho intramolecular Hbond substituents is 1. The summed E-state index contributed by atoms with van der Waals surface area (Å²) in [5.74, 6) is -0.660. The highest BCUT2D eigenvalue weighted by Crippen LogP contribution is 2.27. The van der Waals surface area contributed by atoms with Gasteiger partial charge in [-0.1, -0.05) is 76.8 Å². The predicted octanol–water partition coefficient (Wildman–Crippen LogP) is 6.71. The summed E-state index contributed by atoms with van der Waals surface area (Å²) in [5, 5.41) is 21.0. The first-order valence-corrected chi connectivity index (χ1v) is 10.1. The molecule has 0 aliphatic rings. The SMILES string of the molecule is CCCCCCCCCCCCc1c(C(=O)O)ccc2cc(O)ccc12. The Labute approximate surface area is 157 Å². The molecule has 0 aliphatic heterocycles. The van der Waals surface area contributed by atoms with Gasteiger partial charge in [0.15, 0.2) is 0 Å². The van der Waals surface area contributed by atoms with Gasteiger partial charge in [0.1, 0.15) is 5.75 Å². The minimum atomic E-state index is -0.873. The van der Waals surface area contributed by atoms with Crippen LogP contribution in [0.25, 0.3) is 10.8 Å². The third-order valence-corrected chi connectivity index (χ3v) is 5.13. The van der Waals surface area contributed by atoms with Gasteiger partial charge in [0.25, 0.3) is 0 Å². The Kier molecular flexibility index (Phi) is 8.46. The number of phenols is 1. The van der Waals surface area contributed by atoms with Gasteiger partial charge in [0.05, 0.1) is 5.56 Å². The fraction of sp³-hybridized carbons (Fsp3) is 0.522. The van der Waals surface area contributed by atoms with E-state index in [-0.39, 0.29) is 5.75 Å². The van der Waals surface area contributed by atoms with E-state index in [4.69, 9.17) is 0 Å². The number of aromatic carboxylic acids is 1. The fourth-order valence-electron chi connectivity index (χ4n) is 3.64. The molecule has 2 N–H and O–H groups in total. The maximum absolute atomic E-state index is 11.6. The minimum Gasteiger partial charge on any atom is -0.508 e. The quantitative estimate of drug-likeness (QED) is 0.416. The number of aryl methyl sites for hydroxylation is 1. The Balaban J connectivity index is 1.84. The van der Waals surface area contributed by atoms with Crippen LogP contribution in [0, 0.1) is 0 Å². The third-order valence-electron chi connectivity index (χ3n) is 5.13. The van der Waals surface area contributed by atoms with E-state index < -0.39 is 5.97 Å². The van der Waals surface area contributed by atoms with Gasteiger partial charge < -0.3 is 10.2 Å². The molecule has 2 rings (SSSR count). The smallest absolute Gasteiger partial charge is 0.335 e. The molecule has 0 aliphatic carbocycles. The first-order valence-electron chi connectivity index (χ1n) is 10.1. The van der Waals surface area contributed by atoms with Crippen molar-refractivity contribution in [3.63, 3.8) is 0 Å². The summed E-state index contributed by atoms with van der Waals surface area (Å²) in [6.45, 7) is 2.24. The normalized spacial score (nSPS) is 11.1. The number of fused-ring (bicyclic) bond motifs is 1. The lowest BCUT2D eigenvalue weighted by Crippen LogP contribution is -2.03. The van der Waals surface area contributed by atoms with Crippen LogP contribution in [-0.4, -0.2) is 16.2 Å². The molecule has 0 unspecified atom stereocenters. The maximum atomic E-state index is 11.6. The van der Waals surface area contributed by atoms with Crippen LogP contribution in [0.4, 0.5) is 0 Å². The predicted molar refractivity (Wildman–Crippen MR) is 108 cm³/mol. The van der Waals surface area contributed by atoms with E-state index in [1.54, 1.807) is 24.3 Å².